The van der Waals surface area contributed by atoms with Gasteiger partial charge in [-0.2, -0.15) is 0 Å². The van der Waals surface area contributed by atoms with Gasteiger partial charge in [-0.05, 0) is 49.8 Å². The van der Waals surface area contributed by atoms with Crippen LogP contribution in [0.25, 0.3) is 0 Å². The van der Waals surface area contributed by atoms with Crippen LogP contribution in [0, 0.1) is 11.7 Å². The molecule has 0 bridgehead atoms. The van der Waals surface area contributed by atoms with Gasteiger partial charge in [-0.15, -0.1) is 0 Å². The summed E-state index contributed by atoms with van der Waals surface area (Å²) >= 11 is 0. The number of nitrogens with two attached hydrogens (primary N) is 1. The van der Waals surface area contributed by atoms with Crippen molar-refractivity contribution in [2.24, 2.45) is 11.8 Å². The van der Waals surface area contributed by atoms with Gasteiger partial charge in [-0.3, -0.25) is 11.3 Å². The first-order chi connectivity index (χ1) is 9.67. The first-order valence-corrected chi connectivity index (χ1v) is 7.09. The van der Waals surface area contributed by atoms with Crippen LogP contribution in [0.5, 0.6) is 5.75 Å². The molecule has 20 heavy (non-hydrogen) atoms. The zero-order valence-electron chi connectivity index (χ0n) is 12.1. The van der Waals surface area contributed by atoms with Crippen LogP contribution < -0.4 is 16.0 Å². The number of hydrazine groups is 1. The molecule has 4 nitrogen and oxygen atoms in total. The van der Waals surface area contributed by atoms with Gasteiger partial charge in [0.25, 0.3) is 0 Å². The van der Waals surface area contributed by atoms with Gasteiger partial charge < -0.3 is 9.47 Å². The summed E-state index contributed by atoms with van der Waals surface area (Å²) in [6.07, 6.45) is 3.40. The fourth-order valence-electron chi connectivity index (χ4n) is 2.77. The van der Waals surface area contributed by atoms with E-state index < -0.39 is 0 Å². The SMILES string of the molecule is CCOC1CC(CC(NN)c2ccc(OC)c(F)c2)C1. The van der Waals surface area contributed by atoms with E-state index >= 15 is 0 Å². The fraction of sp³-hybridized carbons (Fsp3) is 0.600. The summed E-state index contributed by atoms with van der Waals surface area (Å²) in [7, 11) is 1.46. The first kappa shape index (κ1) is 15.2. The molecule has 0 heterocycles. The van der Waals surface area contributed by atoms with Crippen molar-refractivity contribution < 1.29 is 13.9 Å². The van der Waals surface area contributed by atoms with Crippen molar-refractivity contribution in [3.8, 4) is 5.75 Å². The lowest BCUT2D eigenvalue weighted by Gasteiger charge is -2.37. The summed E-state index contributed by atoms with van der Waals surface area (Å²) in [5.41, 5.74) is 3.63. The molecule has 1 aromatic carbocycles. The van der Waals surface area contributed by atoms with Crippen LogP contribution in [0.1, 0.15) is 37.8 Å². The molecule has 0 saturated heterocycles. The minimum absolute atomic E-state index is 0.0389. The van der Waals surface area contributed by atoms with E-state index in [0.29, 0.717) is 12.0 Å². The van der Waals surface area contributed by atoms with Gasteiger partial charge in [0.05, 0.1) is 13.2 Å². The molecule has 0 spiro atoms. The molecule has 1 saturated carbocycles. The lowest BCUT2D eigenvalue weighted by molar-refractivity contribution is -0.0291. The summed E-state index contributed by atoms with van der Waals surface area (Å²) < 4.78 is 24.2. The van der Waals surface area contributed by atoms with Crippen molar-refractivity contribution in [3.05, 3.63) is 29.6 Å². The van der Waals surface area contributed by atoms with Crippen molar-refractivity contribution in [2.45, 2.75) is 38.3 Å². The molecule has 1 aliphatic carbocycles. The Bertz CT molecular complexity index is 436. The first-order valence-electron chi connectivity index (χ1n) is 7.09. The van der Waals surface area contributed by atoms with Gasteiger partial charge >= 0.3 is 0 Å². The van der Waals surface area contributed by atoms with Crippen LogP contribution in [0.4, 0.5) is 4.39 Å². The molecule has 1 fully saturated rings. The van der Waals surface area contributed by atoms with Gasteiger partial charge in [0.15, 0.2) is 11.6 Å². The number of ether oxygens (including phenoxy) is 2. The predicted octanol–water partition coefficient (Wildman–Crippen LogP) is 2.54. The summed E-state index contributed by atoms with van der Waals surface area (Å²) in [6.45, 7) is 2.78. The minimum Gasteiger partial charge on any atom is -0.494 e. The Kier molecular flexibility index (Phi) is 5.34. The third-order valence-electron chi connectivity index (χ3n) is 3.94. The topological polar surface area (TPSA) is 56.5 Å². The van der Waals surface area contributed by atoms with Crippen LogP contribution in [0.2, 0.25) is 0 Å². The number of methoxy groups -OCH3 is 1. The second kappa shape index (κ2) is 7.02. The molecular formula is C15H23FN2O2. The highest BCUT2D eigenvalue weighted by atomic mass is 19.1. The molecule has 1 unspecified atom stereocenters. The zero-order chi connectivity index (χ0) is 14.5. The predicted molar refractivity (Wildman–Crippen MR) is 75.8 cm³/mol. The van der Waals surface area contributed by atoms with Crippen molar-refractivity contribution in [2.75, 3.05) is 13.7 Å². The number of hydrogen-bond acceptors (Lipinski definition) is 4. The second-order valence-corrected chi connectivity index (χ2v) is 5.26. The van der Waals surface area contributed by atoms with Crippen molar-refractivity contribution in [3.63, 3.8) is 0 Å². The summed E-state index contributed by atoms with van der Waals surface area (Å²) in [5, 5.41) is 0. The van der Waals surface area contributed by atoms with E-state index in [0.717, 1.165) is 31.4 Å². The number of nitrogens with one attached hydrogen (secondary N) is 1. The molecule has 1 aromatic rings. The Morgan fingerprint density at radius 1 is 1.45 bits per heavy atom. The average Bonchev–Trinajstić information content (AvgIpc) is 2.41. The third-order valence-corrected chi connectivity index (χ3v) is 3.94. The van der Waals surface area contributed by atoms with Gasteiger partial charge in [-0.25, -0.2) is 4.39 Å². The Morgan fingerprint density at radius 2 is 2.20 bits per heavy atom. The molecular weight excluding hydrogens is 259 g/mol. The van der Waals surface area contributed by atoms with Crippen molar-refractivity contribution in [1.82, 2.24) is 5.43 Å². The number of benzene rings is 1. The molecule has 3 N–H and O–H groups in total. The zero-order valence-corrected chi connectivity index (χ0v) is 12.1. The molecule has 0 amide bonds. The highest BCUT2D eigenvalue weighted by molar-refractivity contribution is 5.31. The maximum Gasteiger partial charge on any atom is 0.165 e. The molecule has 0 aromatic heterocycles. The van der Waals surface area contributed by atoms with Crippen molar-refractivity contribution >= 4 is 0 Å². The lowest BCUT2D eigenvalue weighted by Crippen LogP contribution is -2.36. The molecule has 112 valence electrons. The maximum absolute atomic E-state index is 13.7. The largest absolute Gasteiger partial charge is 0.494 e. The molecule has 0 aliphatic heterocycles. The molecule has 2 rings (SSSR count). The Balaban J connectivity index is 1.93. The second-order valence-electron chi connectivity index (χ2n) is 5.26. The van der Waals surface area contributed by atoms with E-state index in [1.807, 2.05) is 13.0 Å². The Hall–Kier alpha value is -1.17. The molecule has 1 aliphatic rings. The van der Waals surface area contributed by atoms with Gasteiger partial charge in [0.2, 0.25) is 0 Å². The van der Waals surface area contributed by atoms with Gasteiger partial charge in [0.1, 0.15) is 0 Å². The van der Waals surface area contributed by atoms with Crippen LogP contribution in [-0.2, 0) is 4.74 Å². The Morgan fingerprint density at radius 3 is 2.75 bits per heavy atom. The van der Waals surface area contributed by atoms with E-state index in [-0.39, 0.29) is 17.6 Å². The van der Waals surface area contributed by atoms with Crippen LogP contribution in [0.3, 0.4) is 0 Å². The number of rotatable bonds is 7. The standard InChI is InChI=1S/C15H23FN2O2/c1-3-20-12-6-10(7-12)8-14(18-17)11-4-5-15(19-2)13(16)9-11/h4-5,9-10,12,14,18H,3,6-8,17H2,1-2H3. The minimum atomic E-state index is -0.356. The monoisotopic (exact) mass is 282 g/mol. The number of hydrogen-bond donors (Lipinski definition) is 2. The highest BCUT2D eigenvalue weighted by Gasteiger charge is 2.31. The van der Waals surface area contributed by atoms with E-state index in [2.05, 4.69) is 5.43 Å². The quantitative estimate of drug-likeness (QED) is 0.596. The molecule has 0 radical (unpaired) electrons. The fourth-order valence-corrected chi connectivity index (χ4v) is 2.77. The normalized spacial score (nSPS) is 23.2. The van der Waals surface area contributed by atoms with Gasteiger partial charge in [0, 0.05) is 12.6 Å². The van der Waals surface area contributed by atoms with Crippen molar-refractivity contribution in [1.29, 1.82) is 0 Å². The van der Waals surface area contributed by atoms with E-state index in [9.17, 15) is 4.39 Å². The summed E-state index contributed by atoms with van der Waals surface area (Å²) in [6, 6.07) is 4.94. The maximum atomic E-state index is 13.7. The Labute approximate surface area is 119 Å². The van der Waals surface area contributed by atoms with Crippen LogP contribution >= 0.6 is 0 Å². The smallest absolute Gasteiger partial charge is 0.165 e. The molecule has 1 atom stereocenters. The van der Waals surface area contributed by atoms with E-state index in [1.165, 1.54) is 13.2 Å². The van der Waals surface area contributed by atoms with Crippen LogP contribution in [0.15, 0.2) is 18.2 Å². The summed E-state index contributed by atoms with van der Waals surface area (Å²) in [4.78, 5) is 0. The molecule has 5 heteroatoms. The lowest BCUT2D eigenvalue weighted by atomic mass is 9.77. The van der Waals surface area contributed by atoms with Gasteiger partial charge in [-0.1, -0.05) is 6.07 Å². The van der Waals surface area contributed by atoms with E-state index in [1.54, 1.807) is 6.07 Å². The van der Waals surface area contributed by atoms with E-state index in [4.69, 9.17) is 15.3 Å². The third kappa shape index (κ3) is 3.48. The summed E-state index contributed by atoms with van der Waals surface area (Å²) in [5.74, 6) is 6.09. The van der Waals surface area contributed by atoms with Crippen LogP contribution in [-0.4, -0.2) is 19.8 Å². The number of halogens is 1. The average molecular weight is 282 g/mol. The highest BCUT2D eigenvalue weighted by Crippen LogP contribution is 2.37.